The lowest BCUT2D eigenvalue weighted by molar-refractivity contribution is 0.272. The Morgan fingerprint density at radius 2 is 2.06 bits per heavy atom. The molecule has 0 unspecified atom stereocenters. The van der Waals surface area contributed by atoms with Crippen molar-refractivity contribution in [1.29, 1.82) is 0 Å². The highest BCUT2D eigenvalue weighted by Crippen LogP contribution is 2.27. The minimum atomic E-state index is 0.497. The van der Waals surface area contributed by atoms with E-state index in [2.05, 4.69) is 29.0 Å². The molecule has 0 atom stereocenters. The topological polar surface area (TPSA) is 50.8 Å². The molecule has 0 saturated heterocycles. The summed E-state index contributed by atoms with van der Waals surface area (Å²) in [6.45, 7) is 6.83. The van der Waals surface area contributed by atoms with Gasteiger partial charge in [-0.25, -0.2) is 4.98 Å². The van der Waals surface area contributed by atoms with Gasteiger partial charge in [-0.1, -0.05) is 26.0 Å². The molecule has 90 valence electrons. The van der Waals surface area contributed by atoms with Crippen molar-refractivity contribution in [3.63, 3.8) is 0 Å². The van der Waals surface area contributed by atoms with Crippen molar-refractivity contribution in [1.82, 2.24) is 15.2 Å². The maximum atomic E-state index is 5.77. The van der Waals surface area contributed by atoms with Gasteiger partial charge in [-0.3, -0.25) is 5.10 Å². The van der Waals surface area contributed by atoms with Crippen LogP contribution in [0.4, 0.5) is 0 Å². The van der Waals surface area contributed by atoms with E-state index in [1.807, 2.05) is 31.2 Å². The summed E-state index contributed by atoms with van der Waals surface area (Å²) in [4.78, 5) is 4.32. The van der Waals surface area contributed by atoms with Crippen LogP contribution in [0.1, 0.15) is 19.7 Å². The lowest BCUT2D eigenvalue weighted by atomic mass is 10.2. The predicted molar refractivity (Wildman–Crippen MR) is 66.9 cm³/mol. The van der Waals surface area contributed by atoms with Gasteiger partial charge in [0.1, 0.15) is 11.6 Å². The van der Waals surface area contributed by atoms with Crippen LogP contribution in [0.5, 0.6) is 5.75 Å². The van der Waals surface area contributed by atoms with Gasteiger partial charge in [0.15, 0.2) is 5.82 Å². The molecule has 0 radical (unpaired) electrons. The summed E-state index contributed by atoms with van der Waals surface area (Å²) in [6, 6.07) is 7.84. The Morgan fingerprint density at radius 3 is 2.71 bits per heavy atom. The van der Waals surface area contributed by atoms with Crippen molar-refractivity contribution in [2.45, 2.75) is 20.8 Å². The Bertz CT molecular complexity index is 491. The van der Waals surface area contributed by atoms with Crippen LogP contribution in [-0.2, 0) is 0 Å². The number of rotatable bonds is 4. The number of benzene rings is 1. The second-order valence-electron chi connectivity index (χ2n) is 4.45. The van der Waals surface area contributed by atoms with Gasteiger partial charge in [0, 0.05) is 0 Å². The molecular weight excluding hydrogens is 214 g/mol. The minimum Gasteiger partial charge on any atom is -0.493 e. The van der Waals surface area contributed by atoms with Gasteiger partial charge in [-0.2, -0.15) is 5.10 Å². The van der Waals surface area contributed by atoms with Crippen LogP contribution in [0.25, 0.3) is 11.4 Å². The molecule has 0 saturated carbocycles. The van der Waals surface area contributed by atoms with Gasteiger partial charge in [-0.15, -0.1) is 0 Å². The Labute approximate surface area is 101 Å². The van der Waals surface area contributed by atoms with E-state index >= 15 is 0 Å². The van der Waals surface area contributed by atoms with E-state index < -0.39 is 0 Å². The van der Waals surface area contributed by atoms with E-state index in [9.17, 15) is 0 Å². The van der Waals surface area contributed by atoms with Crippen LogP contribution in [0.2, 0.25) is 0 Å². The number of nitrogens with zero attached hydrogens (tertiary/aromatic N) is 2. The van der Waals surface area contributed by atoms with E-state index in [1.165, 1.54) is 0 Å². The van der Waals surface area contributed by atoms with Crippen LogP contribution in [0, 0.1) is 12.8 Å². The molecule has 4 heteroatoms. The second kappa shape index (κ2) is 4.99. The molecule has 1 aromatic carbocycles. The lowest BCUT2D eigenvalue weighted by Crippen LogP contribution is -2.05. The zero-order valence-electron chi connectivity index (χ0n) is 10.4. The van der Waals surface area contributed by atoms with Gasteiger partial charge < -0.3 is 4.74 Å². The molecule has 0 bridgehead atoms. The quantitative estimate of drug-likeness (QED) is 0.880. The minimum absolute atomic E-state index is 0.497. The normalized spacial score (nSPS) is 10.8. The first-order chi connectivity index (χ1) is 8.16. The van der Waals surface area contributed by atoms with Gasteiger partial charge in [0.05, 0.1) is 12.2 Å². The largest absolute Gasteiger partial charge is 0.493 e. The van der Waals surface area contributed by atoms with Gasteiger partial charge in [0.25, 0.3) is 0 Å². The highest BCUT2D eigenvalue weighted by atomic mass is 16.5. The second-order valence-corrected chi connectivity index (χ2v) is 4.45. The SMILES string of the molecule is Cc1nc(-c2ccccc2OCC(C)C)n[nH]1. The van der Waals surface area contributed by atoms with Crippen molar-refractivity contribution in [3.05, 3.63) is 30.1 Å². The number of H-pyrrole nitrogens is 1. The Balaban J connectivity index is 2.27. The van der Waals surface area contributed by atoms with Gasteiger partial charge >= 0.3 is 0 Å². The maximum absolute atomic E-state index is 5.77. The number of ether oxygens (including phenoxy) is 1. The molecule has 1 aromatic heterocycles. The van der Waals surface area contributed by atoms with Crippen molar-refractivity contribution < 1.29 is 4.74 Å². The van der Waals surface area contributed by atoms with Crippen LogP contribution in [-0.4, -0.2) is 21.8 Å². The van der Waals surface area contributed by atoms with Crippen LogP contribution in [0.3, 0.4) is 0 Å². The molecule has 2 rings (SSSR count). The maximum Gasteiger partial charge on any atom is 0.184 e. The molecule has 4 nitrogen and oxygen atoms in total. The highest BCUT2D eigenvalue weighted by molar-refractivity contribution is 5.63. The average Bonchev–Trinajstić information content (AvgIpc) is 2.73. The molecule has 0 spiro atoms. The zero-order valence-corrected chi connectivity index (χ0v) is 10.4. The number of aromatic nitrogens is 3. The van der Waals surface area contributed by atoms with E-state index in [0.29, 0.717) is 18.3 Å². The number of hydrogen-bond donors (Lipinski definition) is 1. The smallest absolute Gasteiger partial charge is 0.184 e. The van der Waals surface area contributed by atoms with E-state index in [1.54, 1.807) is 0 Å². The Hall–Kier alpha value is -1.84. The van der Waals surface area contributed by atoms with Crippen molar-refractivity contribution in [2.75, 3.05) is 6.61 Å². The third kappa shape index (κ3) is 2.84. The zero-order chi connectivity index (χ0) is 12.3. The van der Waals surface area contributed by atoms with Crippen LogP contribution < -0.4 is 4.74 Å². The van der Waals surface area contributed by atoms with Crippen LogP contribution >= 0.6 is 0 Å². The third-order valence-corrected chi connectivity index (χ3v) is 2.30. The van der Waals surface area contributed by atoms with Crippen molar-refractivity contribution in [3.8, 4) is 17.1 Å². The molecule has 17 heavy (non-hydrogen) atoms. The molecule has 1 N–H and O–H groups in total. The Kier molecular flexibility index (Phi) is 3.42. The Morgan fingerprint density at radius 1 is 1.29 bits per heavy atom. The average molecular weight is 231 g/mol. The van der Waals surface area contributed by atoms with E-state index in [4.69, 9.17) is 4.74 Å². The first-order valence-electron chi connectivity index (χ1n) is 5.78. The number of para-hydroxylation sites is 1. The van der Waals surface area contributed by atoms with E-state index in [0.717, 1.165) is 17.1 Å². The monoisotopic (exact) mass is 231 g/mol. The summed E-state index contributed by atoms with van der Waals surface area (Å²) in [5, 5.41) is 7.00. The predicted octanol–water partition coefficient (Wildman–Crippen LogP) is 2.81. The number of nitrogens with one attached hydrogen (secondary N) is 1. The van der Waals surface area contributed by atoms with E-state index in [-0.39, 0.29) is 0 Å². The summed E-state index contributed by atoms with van der Waals surface area (Å²) in [7, 11) is 0. The first kappa shape index (κ1) is 11.6. The fourth-order valence-corrected chi connectivity index (χ4v) is 1.50. The van der Waals surface area contributed by atoms with Gasteiger partial charge in [0.2, 0.25) is 0 Å². The molecule has 0 aliphatic carbocycles. The molecule has 1 heterocycles. The molecule has 0 fully saturated rings. The fourth-order valence-electron chi connectivity index (χ4n) is 1.50. The van der Waals surface area contributed by atoms with Crippen molar-refractivity contribution >= 4 is 0 Å². The summed E-state index contributed by atoms with van der Waals surface area (Å²) in [6.07, 6.45) is 0. The third-order valence-electron chi connectivity index (χ3n) is 2.30. The first-order valence-corrected chi connectivity index (χ1v) is 5.78. The molecule has 2 aromatic rings. The molecule has 0 aliphatic heterocycles. The highest BCUT2D eigenvalue weighted by Gasteiger charge is 2.10. The summed E-state index contributed by atoms with van der Waals surface area (Å²) < 4.78 is 5.77. The lowest BCUT2D eigenvalue weighted by Gasteiger charge is -2.11. The molecular formula is C13H17N3O. The number of aromatic amines is 1. The van der Waals surface area contributed by atoms with Gasteiger partial charge in [-0.05, 0) is 25.0 Å². The number of hydrogen-bond acceptors (Lipinski definition) is 3. The summed E-state index contributed by atoms with van der Waals surface area (Å²) in [5.74, 6) is 2.82. The number of aryl methyl sites for hydroxylation is 1. The summed E-state index contributed by atoms with van der Waals surface area (Å²) >= 11 is 0. The van der Waals surface area contributed by atoms with Crippen LogP contribution in [0.15, 0.2) is 24.3 Å². The molecule has 0 amide bonds. The summed E-state index contributed by atoms with van der Waals surface area (Å²) in [5.41, 5.74) is 0.928. The standard InChI is InChI=1S/C13H17N3O/c1-9(2)8-17-12-7-5-4-6-11(12)13-14-10(3)15-16-13/h4-7,9H,8H2,1-3H3,(H,14,15,16). The van der Waals surface area contributed by atoms with Crippen molar-refractivity contribution in [2.24, 2.45) is 5.92 Å². The fraction of sp³-hybridized carbons (Fsp3) is 0.385. The molecule has 0 aliphatic rings.